The van der Waals surface area contributed by atoms with Crippen LogP contribution in [0.1, 0.15) is 37.9 Å². The summed E-state index contributed by atoms with van der Waals surface area (Å²) >= 11 is 0. The molecule has 0 radical (unpaired) electrons. The first-order chi connectivity index (χ1) is 10.0. The third-order valence-corrected chi connectivity index (χ3v) is 4.10. The van der Waals surface area contributed by atoms with Crippen molar-refractivity contribution >= 4 is 11.9 Å². The number of rotatable bonds is 6. The standard InChI is InChI=1S/C14H21N3O4/c1-3-9-6-10(11(7-9)14(19)20)13(18)15-5-4-12-16-8(2)17-21-12/h9-11H,3-7H2,1-2H3,(H,15,18)(H,19,20)/t9?,10-,11+/m0/s1. The topological polar surface area (TPSA) is 105 Å². The number of hydrogen-bond acceptors (Lipinski definition) is 5. The average molecular weight is 295 g/mol. The number of amides is 1. The molecular weight excluding hydrogens is 274 g/mol. The van der Waals surface area contributed by atoms with Crippen molar-refractivity contribution in [2.45, 2.75) is 39.5 Å². The molecule has 0 aliphatic heterocycles. The van der Waals surface area contributed by atoms with Gasteiger partial charge in [0.05, 0.1) is 11.8 Å². The Hall–Kier alpha value is -1.92. The van der Waals surface area contributed by atoms with E-state index in [0.29, 0.717) is 43.4 Å². The predicted molar refractivity (Wildman–Crippen MR) is 73.4 cm³/mol. The number of aryl methyl sites for hydroxylation is 1. The number of carbonyl (C=O) groups excluding carboxylic acids is 1. The molecule has 21 heavy (non-hydrogen) atoms. The summed E-state index contributed by atoms with van der Waals surface area (Å²) < 4.78 is 4.96. The van der Waals surface area contributed by atoms with Crippen LogP contribution < -0.4 is 5.32 Å². The van der Waals surface area contributed by atoms with Crippen LogP contribution in [0.15, 0.2) is 4.52 Å². The van der Waals surface area contributed by atoms with Crippen LogP contribution in [-0.2, 0) is 16.0 Å². The van der Waals surface area contributed by atoms with E-state index in [2.05, 4.69) is 15.5 Å². The molecule has 116 valence electrons. The molecule has 1 heterocycles. The Morgan fingerprint density at radius 3 is 2.67 bits per heavy atom. The van der Waals surface area contributed by atoms with Gasteiger partial charge in [-0.15, -0.1) is 0 Å². The van der Waals surface area contributed by atoms with Gasteiger partial charge in [0.1, 0.15) is 0 Å². The molecule has 1 unspecified atom stereocenters. The number of nitrogens with zero attached hydrogens (tertiary/aromatic N) is 2. The van der Waals surface area contributed by atoms with Crippen LogP contribution in [0.2, 0.25) is 0 Å². The van der Waals surface area contributed by atoms with Gasteiger partial charge in [-0.1, -0.05) is 18.5 Å². The second kappa shape index (κ2) is 6.69. The molecule has 0 bridgehead atoms. The lowest BCUT2D eigenvalue weighted by Gasteiger charge is -2.15. The summed E-state index contributed by atoms with van der Waals surface area (Å²) in [6.07, 6.45) is 2.61. The van der Waals surface area contributed by atoms with Crippen LogP contribution in [0.3, 0.4) is 0 Å². The van der Waals surface area contributed by atoms with Crippen molar-refractivity contribution in [3.63, 3.8) is 0 Å². The first-order valence-electron chi connectivity index (χ1n) is 7.31. The van der Waals surface area contributed by atoms with Crippen molar-refractivity contribution in [1.29, 1.82) is 0 Å². The smallest absolute Gasteiger partial charge is 0.307 e. The van der Waals surface area contributed by atoms with E-state index in [1.165, 1.54) is 0 Å². The van der Waals surface area contributed by atoms with Gasteiger partial charge < -0.3 is 14.9 Å². The number of aliphatic carboxylic acids is 1. The van der Waals surface area contributed by atoms with Gasteiger partial charge in [0.2, 0.25) is 11.8 Å². The zero-order chi connectivity index (χ0) is 15.4. The van der Waals surface area contributed by atoms with Crippen molar-refractivity contribution in [3.8, 4) is 0 Å². The van der Waals surface area contributed by atoms with E-state index >= 15 is 0 Å². The van der Waals surface area contributed by atoms with Crippen molar-refractivity contribution in [2.24, 2.45) is 17.8 Å². The Morgan fingerprint density at radius 2 is 2.10 bits per heavy atom. The highest BCUT2D eigenvalue weighted by Crippen LogP contribution is 2.38. The lowest BCUT2D eigenvalue weighted by atomic mass is 9.95. The number of hydrogen-bond donors (Lipinski definition) is 2. The molecule has 1 amide bonds. The maximum atomic E-state index is 12.2. The third kappa shape index (κ3) is 3.80. The van der Waals surface area contributed by atoms with Crippen molar-refractivity contribution in [3.05, 3.63) is 11.7 Å². The highest BCUT2D eigenvalue weighted by Gasteiger charge is 2.41. The van der Waals surface area contributed by atoms with E-state index in [0.717, 1.165) is 6.42 Å². The van der Waals surface area contributed by atoms with E-state index in [4.69, 9.17) is 4.52 Å². The van der Waals surface area contributed by atoms with Crippen LogP contribution in [-0.4, -0.2) is 33.7 Å². The summed E-state index contributed by atoms with van der Waals surface area (Å²) in [5.74, 6) is -0.713. The fourth-order valence-electron chi connectivity index (χ4n) is 2.90. The van der Waals surface area contributed by atoms with Crippen LogP contribution >= 0.6 is 0 Å². The quantitative estimate of drug-likeness (QED) is 0.816. The minimum absolute atomic E-state index is 0.186. The molecule has 1 aliphatic carbocycles. The molecule has 7 heteroatoms. The number of carboxylic acid groups (broad SMARTS) is 1. The predicted octanol–water partition coefficient (Wildman–Crippen LogP) is 1.17. The lowest BCUT2D eigenvalue weighted by Crippen LogP contribution is -2.36. The normalized spacial score (nSPS) is 25.0. The average Bonchev–Trinajstić information content (AvgIpc) is 3.04. The van der Waals surface area contributed by atoms with Gasteiger partial charge >= 0.3 is 5.97 Å². The Morgan fingerprint density at radius 1 is 1.38 bits per heavy atom. The van der Waals surface area contributed by atoms with E-state index < -0.39 is 17.8 Å². The first kappa shape index (κ1) is 15.5. The Labute approximate surface area is 123 Å². The largest absolute Gasteiger partial charge is 0.481 e. The maximum Gasteiger partial charge on any atom is 0.307 e. The monoisotopic (exact) mass is 295 g/mol. The van der Waals surface area contributed by atoms with Gasteiger partial charge in [-0.2, -0.15) is 4.98 Å². The molecule has 1 aliphatic rings. The molecule has 0 spiro atoms. The summed E-state index contributed by atoms with van der Waals surface area (Å²) in [4.78, 5) is 27.5. The van der Waals surface area contributed by atoms with E-state index in [9.17, 15) is 14.7 Å². The molecule has 1 aromatic rings. The minimum Gasteiger partial charge on any atom is -0.481 e. The van der Waals surface area contributed by atoms with Crippen molar-refractivity contribution < 1.29 is 19.2 Å². The van der Waals surface area contributed by atoms with Crippen LogP contribution in [0.25, 0.3) is 0 Å². The molecule has 0 saturated heterocycles. The first-order valence-corrected chi connectivity index (χ1v) is 7.31. The molecule has 7 nitrogen and oxygen atoms in total. The van der Waals surface area contributed by atoms with E-state index in [-0.39, 0.29) is 5.91 Å². The lowest BCUT2D eigenvalue weighted by molar-refractivity contribution is -0.146. The molecule has 1 fully saturated rings. The molecule has 1 aromatic heterocycles. The van der Waals surface area contributed by atoms with Gasteiger partial charge in [0.25, 0.3) is 0 Å². The fraction of sp³-hybridized carbons (Fsp3) is 0.714. The summed E-state index contributed by atoms with van der Waals surface area (Å²) in [7, 11) is 0. The number of aromatic nitrogens is 2. The van der Waals surface area contributed by atoms with Crippen LogP contribution in [0.4, 0.5) is 0 Å². The van der Waals surface area contributed by atoms with Gasteiger partial charge in [0.15, 0.2) is 5.82 Å². The molecule has 2 N–H and O–H groups in total. The van der Waals surface area contributed by atoms with Crippen LogP contribution in [0.5, 0.6) is 0 Å². The summed E-state index contributed by atoms with van der Waals surface area (Å²) in [5, 5.41) is 15.7. The van der Waals surface area contributed by atoms with Gasteiger partial charge in [0, 0.05) is 13.0 Å². The van der Waals surface area contributed by atoms with Crippen molar-refractivity contribution in [1.82, 2.24) is 15.5 Å². The maximum absolute atomic E-state index is 12.2. The molecule has 1 saturated carbocycles. The van der Waals surface area contributed by atoms with Gasteiger partial charge in [-0.05, 0) is 25.7 Å². The van der Waals surface area contributed by atoms with E-state index in [1.807, 2.05) is 6.92 Å². The zero-order valence-corrected chi connectivity index (χ0v) is 12.3. The minimum atomic E-state index is -0.876. The van der Waals surface area contributed by atoms with Crippen molar-refractivity contribution in [2.75, 3.05) is 6.54 Å². The molecule has 0 aromatic carbocycles. The second-order valence-electron chi connectivity index (χ2n) is 5.57. The SMILES string of the molecule is CCC1C[C@H](C(=O)NCCc2nc(C)no2)[C@H](C(=O)O)C1. The van der Waals surface area contributed by atoms with Crippen LogP contribution in [0, 0.1) is 24.7 Å². The Kier molecular flexibility index (Phi) is 4.93. The summed E-state index contributed by atoms with van der Waals surface area (Å²) in [6.45, 7) is 4.13. The Bertz CT molecular complexity index is 514. The molecular formula is C14H21N3O4. The number of carbonyl (C=O) groups is 2. The highest BCUT2D eigenvalue weighted by molar-refractivity contribution is 5.85. The second-order valence-corrected chi connectivity index (χ2v) is 5.57. The highest BCUT2D eigenvalue weighted by atomic mass is 16.5. The fourth-order valence-corrected chi connectivity index (χ4v) is 2.90. The summed E-state index contributed by atoms with van der Waals surface area (Å²) in [6, 6.07) is 0. The van der Waals surface area contributed by atoms with Gasteiger partial charge in [-0.3, -0.25) is 9.59 Å². The van der Waals surface area contributed by atoms with Gasteiger partial charge in [-0.25, -0.2) is 0 Å². The summed E-state index contributed by atoms with van der Waals surface area (Å²) in [5.41, 5.74) is 0. The number of carboxylic acids is 1. The third-order valence-electron chi connectivity index (χ3n) is 4.10. The zero-order valence-electron chi connectivity index (χ0n) is 12.3. The van der Waals surface area contributed by atoms with E-state index in [1.54, 1.807) is 6.92 Å². The molecule has 2 rings (SSSR count). The molecule has 3 atom stereocenters. The number of nitrogens with one attached hydrogen (secondary N) is 1. The Balaban J connectivity index is 1.85.